The van der Waals surface area contributed by atoms with Gasteiger partial charge >= 0.3 is 0 Å². The van der Waals surface area contributed by atoms with Crippen molar-refractivity contribution >= 4 is 22.9 Å². The van der Waals surface area contributed by atoms with Crippen molar-refractivity contribution in [3.63, 3.8) is 0 Å². The van der Waals surface area contributed by atoms with E-state index in [-0.39, 0.29) is 17.6 Å². The largest absolute Gasteiger partial charge is 0.497 e. The number of amides is 1. The molecule has 1 N–H and O–H groups in total. The average molecular weight is 383 g/mol. The van der Waals surface area contributed by atoms with E-state index in [0.717, 1.165) is 10.4 Å². The maximum absolute atomic E-state index is 14.3. The zero-order valence-corrected chi connectivity index (χ0v) is 15.7. The Balaban J connectivity index is 1.84. The Hall–Kier alpha value is -2.86. The van der Waals surface area contributed by atoms with Crippen molar-refractivity contribution in [1.29, 1.82) is 0 Å². The van der Waals surface area contributed by atoms with Crippen LogP contribution in [0.15, 0.2) is 47.8 Å². The summed E-state index contributed by atoms with van der Waals surface area (Å²) in [5.41, 5.74) is 2.79. The molecule has 1 aromatic heterocycles. The van der Waals surface area contributed by atoms with E-state index in [9.17, 15) is 9.18 Å². The summed E-state index contributed by atoms with van der Waals surface area (Å²) in [6, 6.07) is 12.2. The molecule has 0 bridgehead atoms. The van der Waals surface area contributed by atoms with Crippen LogP contribution in [0.2, 0.25) is 0 Å². The highest BCUT2D eigenvalue weighted by Crippen LogP contribution is 2.48. The second-order valence-electron chi connectivity index (χ2n) is 6.28. The summed E-state index contributed by atoms with van der Waals surface area (Å²) in [5, 5.41) is 4.83. The zero-order chi connectivity index (χ0) is 19.0. The first-order valence-corrected chi connectivity index (χ1v) is 9.38. The smallest absolute Gasteiger partial charge is 0.225 e. The normalized spacial score (nSPS) is 15.8. The highest BCUT2D eigenvalue weighted by atomic mass is 32.1. The van der Waals surface area contributed by atoms with Crippen LogP contribution in [-0.4, -0.2) is 20.1 Å². The van der Waals surface area contributed by atoms with Gasteiger partial charge in [0, 0.05) is 45.4 Å². The van der Waals surface area contributed by atoms with Gasteiger partial charge in [-0.3, -0.25) is 4.79 Å². The molecule has 4 rings (SSSR count). The first kappa shape index (κ1) is 17.5. The van der Waals surface area contributed by atoms with Crippen LogP contribution in [0.1, 0.15) is 22.8 Å². The molecule has 1 aliphatic rings. The number of rotatable bonds is 4. The van der Waals surface area contributed by atoms with Crippen molar-refractivity contribution in [2.24, 2.45) is 0 Å². The minimum Gasteiger partial charge on any atom is -0.497 e. The molecule has 0 radical (unpaired) electrons. The van der Waals surface area contributed by atoms with Crippen LogP contribution in [0.3, 0.4) is 0 Å². The number of carbonyl (C=O) groups excluding carboxylic acids is 1. The van der Waals surface area contributed by atoms with Crippen molar-refractivity contribution in [3.05, 3.63) is 64.1 Å². The topological polar surface area (TPSA) is 47.6 Å². The average Bonchev–Trinajstić information content (AvgIpc) is 3.10. The standard InChI is InChI=1S/C21H18FNO3S/c1-25-12-7-8-14(18(9-12)26-2)15-10-19(24)23-20-16(11-27-21(15)20)13-5-3-4-6-17(13)22/h3-9,11,15H,10H2,1-2H3,(H,23,24)/t15-/m0/s1. The molecule has 0 fully saturated rings. The molecule has 0 saturated carbocycles. The highest BCUT2D eigenvalue weighted by Gasteiger charge is 2.32. The van der Waals surface area contributed by atoms with Crippen molar-refractivity contribution in [1.82, 2.24) is 0 Å². The second-order valence-corrected chi connectivity index (χ2v) is 7.19. The van der Waals surface area contributed by atoms with Gasteiger partial charge in [0.1, 0.15) is 17.3 Å². The van der Waals surface area contributed by atoms with E-state index in [1.807, 2.05) is 23.6 Å². The molecule has 0 saturated heterocycles. The lowest BCUT2D eigenvalue weighted by molar-refractivity contribution is -0.116. The van der Waals surface area contributed by atoms with Crippen molar-refractivity contribution in [2.75, 3.05) is 19.5 Å². The molecule has 4 nitrogen and oxygen atoms in total. The Morgan fingerprint density at radius 3 is 2.67 bits per heavy atom. The number of anilines is 1. The van der Waals surface area contributed by atoms with Crippen LogP contribution >= 0.6 is 11.3 Å². The van der Waals surface area contributed by atoms with Crippen molar-refractivity contribution in [3.8, 4) is 22.6 Å². The molecule has 1 aliphatic heterocycles. The summed E-state index contributed by atoms with van der Waals surface area (Å²) in [6.45, 7) is 0. The molecule has 0 unspecified atom stereocenters. The maximum atomic E-state index is 14.3. The summed E-state index contributed by atoms with van der Waals surface area (Å²) in [6.07, 6.45) is 0.312. The van der Waals surface area contributed by atoms with E-state index in [2.05, 4.69) is 5.32 Å². The van der Waals surface area contributed by atoms with Gasteiger partial charge in [0.15, 0.2) is 0 Å². The van der Waals surface area contributed by atoms with Gasteiger partial charge in [-0.25, -0.2) is 4.39 Å². The Labute approximate surface area is 160 Å². The van der Waals surface area contributed by atoms with Crippen LogP contribution in [-0.2, 0) is 4.79 Å². The molecule has 0 aliphatic carbocycles. The molecular formula is C21H18FNO3S. The molecular weight excluding hydrogens is 365 g/mol. The van der Waals surface area contributed by atoms with Crippen LogP contribution in [0.25, 0.3) is 11.1 Å². The number of carbonyl (C=O) groups is 1. The van der Waals surface area contributed by atoms with Crippen LogP contribution in [0.5, 0.6) is 11.5 Å². The fourth-order valence-electron chi connectivity index (χ4n) is 3.46. The SMILES string of the molecule is COc1ccc([C@@H]2CC(=O)Nc3c(-c4ccccc4F)csc32)c(OC)c1. The van der Waals surface area contributed by atoms with Gasteiger partial charge in [-0.15, -0.1) is 11.3 Å². The molecule has 2 heterocycles. The number of thiophene rings is 1. The maximum Gasteiger partial charge on any atom is 0.225 e. The molecule has 2 aromatic carbocycles. The molecule has 0 spiro atoms. The molecule has 1 atom stereocenters. The van der Waals surface area contributed by atoms with E-state index in [1.165, 1.54) is 17.4 Å². The number of methoxy groups -OCH3 is 2. The lowest BCUT2D eigenvalue weighted by atomic mass is 9.88. The minimum absolute atomic E-state index is 0.0960. The van der Waals surface area contributed by atoms with E-state index < -0.39 is 0 Å². The summed E-state index contributed by atoms with van der Waals surface area (Å²) in [4.78, 5) is 13.4. The minimum atomic E-state index is -0.309. The summed E-state index contributed by atoms with van der Waals surface area (Å²) in [5.74, 6) is 0.799. The third-order valence-electron chi connectivity index (χ3n) is 4.77. The second kappa shape index (κ2) is 7.04. The van der Waals surface area contributed by atoms with Crippen molar-refractivity contribution < 1.29 is 18.7 Å². The van der Waals surface area contributed by atoms with Gasteiger partial charge < -0.3 is 14.8 Å². The van der Waals surface area contributed by atoms with Gasteiger partial charge in [-0.2, -0.15) is 0 Å². The van der Waals surface area contributed by atoms with Gasteiger partial charge in [0.05, 0.1) is 19.9 Å². The van der Waals surface area contributed by atoms with Crippen LogP contribution in [0.4, 0.5) is 10.1 Å². The van der Waals surface area contributed by atoms with E-state index in [4.69, 9.17) is 9.47 Å². The summed E-state index contributed by atoms with van der Waals surface area (Å²) >= 11 is 1.52. The fraction of sp³-hybridized carbons (Fsp3) is 0.190. The molecule has 138 valence electrons. The number of nitrogens with one attached hydrogen (secondary N) is 1. The van der Waals surface area contributed by atoms with Gasteiger partial charge in [0.25, 0.3) is 0 Å². The molecule has 3 aromatic rings. The Morgan fingerprint density at radius 2 is 1.93 bits per heavy atom. The quantitative estimate of drug-likeness (QED) is 0.686. The number of hydrogen-bond acceptors (Lipinski definition) is 4. The number of ether oxygens (including phenoxy) is 2. The number of fused-ring (bicyclic) bond motifs is 1. The predicted molar refractivity (Wildman–Crippen MR) is 104 cm³/mol. The number of hydrogen-bond donors (Lipinski definition) is 1. The predicted octanol–water partition coefficient (Wildman–Crippen LogP) is 5.05. The Bertz CT molecular complexity index is 1010. The first-order valence-electron chi connectivity index (χ1n) is 8.50. The summed E-state index contributed by atoms with van der Waals surface area (Å²) < 4.78 is 25.1. The van der Waals surface area contributed by atoms with Gasteiger partial charge in [-0.1, -0.05) is 24.3 Å². The lowest BCUT2D eigenvalue weighted by Gasteiger charge is -2.25. The van der Waals surface area contributed by atoms with Gasteiger partial charge in [0.2, 0.25) is 5.91 Å². The molecule has 6 heteroatoms. The number of halogens is 1. The van der Waals surface area contributed by atoms with E-state index in [1.54, 1.807) is 32.4 Å². The zero-order valence-electron chi connectivity index (χ0n) is 14.9. The van der Waals surface area contributed by atoms with E-state index >= 15 is 0 Å². The van der Waals surface area contributed by atoms with E-state index in [0.29, 0.717) is 34.7 Å². The monoisotopic (exact) mass is 383 g/mol. The lowest BCUT2D eigenvalue weighted by Crippen LogP contribution is -2.22. The van der Waals surface area contributed by atoms with Crippen molar-refractivity contribution in [2.45, 2.75) is 12.3 Å². The molecule has 27 heavy (non-hydrogen) atoms. The highest BCUT2D eigenvalue weighted by molar-refractivity contribution is 7.11. The fourth-order valence-corrected chi connectivity index (χ4v) is 4.61. The van der Waals surface area contributed by atoms with Gasteiger partial charge in [-0.05, 0) is 12.1 Å². The Kier molecular flexibility index (Phi) is 4.58. The summed E-state index contributed by atoms with van der Waals surface area (Å²) in [7, 11) is 3.20. The third-order valence-corrected chi connectivity index (χ3v) is 5.87. The third kappa shape index (κ3) is 3.06. The Morgan fingerprint density at radius 1 is 1.11 bits per heavy atom. The van der Waals surface area contributed by atoms with Crippen LogP contribution in [0, 0.1) is 5.82 Å². The molecule has 1 amide bonds. The van der Waals surface area contributed by atoms with Crippen LogP contribution < -0.4 is 14.8 Å². The first-order chi connectivity index (χ1) is 13.1. The number of benzene rings is 2.